The number of imide groups is 1. The van der Waals surface area contributed by atoms with E-state index in [2.05, 4.69) is 0 Å². The molecule has 1 aromatic rings. The van der Waals surface area contributed by atoms with Gasteiger partial charge in [0.15, 0.2) is 0 Å². The molecule has 28 heavy (non-hydrogen) atoms. The van der Waals surface area contributed by atoms with Crippen LogP contribution in [0.3, 0.4) is 0 Å². The van der Waals surface area contributed by atoms with Gasteiger partial charge in [0.1, 0.15) is 11.5 Å². The van der Waals surface area contributed by atoms with E-state index in [0.717, 1.165) is 0 Å². The molecule has 0 N–H and O–H groups in total. The van der Waals surface area contributed by atoms with Gasteiger partial charge in [0.2, 0.25) is 0 Å². The van der Waals surface area contributed by atoms with Gasteiger partial charge in [-0.05, 0) is 45.4 Å². The first-order valence-corrected chi connectivity index (χ1v) is 9.66. The molecule has 2 unspecified atom stereocenters. The quantitative estimate of drug-likeness (QED) is 0.699. The number of benzene rings is 1. The first-order valence-electron chi connectivity index (χ1n) is 9.66. The minimum absolute atomic E-state index is 0.0118. The van der Waals surface area contributed by atoms with Crippen LogP contribution in [0.4, 0.5) is 4.39 Å². The Morgan fingerprint density at radius 3 is 2.29 bits per heavy atom. The SMILES string of the molecule is CC(C)OCCN1C(=O)C(c2ccc(F)cc2)=C(N2CC(C)OC(C)C2)C1=O. The molecule has 0 aliphatic carbocycles. The number of ether oxygens (including phenoxy) is 2. The van der Waals surface area contributed by atoms with E-state index in [1.807, 2.05) is 32.6 Å². The van der Waals surface area contributed by atoms with E-state index in [-0.39, 0.29) is 43.3 Å². The summed E-state index contributed by atoms with van der Waals surface area (Å²) in [5.41, 5.74) is 1.22. The van der Waals surface area contributed by atoms with Crippen molar-refractivity contribution in [1.29, 1.82) is 0 Å². The minimum atomic E-state index is -0.390. The fourth-order valence-corrected chi connectivity index (χ4v) is 3.68. The van der Waals surface area contributed by atoms with Crippen LogP contribution in [-0.2, 0) is 19.1 Å². The summed E-state index contributed by atoms with van der Waals surface area (Å²) in [6, 6.07) is 5.67. The number of rotatable bonds is 6. The van der Waals surface area contributed by atoms with Gasteiger partial charge in [0.25, 0.3) is 11.8 Å². The van der Waals surface area contributed by atoms with Crippen molar-refractivity contribution in [2.45, 2.75) is 46.0 Å². The van der Waals surface area contributed by atoms with Gasteiger partial charge >= 0.3 is 0 Å². The molecule has 0 aromatic heterocycles. The standard InChI is InChI=1S/C21H27FN2O4/c1-13(2)27-10-9-24-20(25)18(16-5-7-17(22)8-6-16)19(21(24)26)23-11-14(3)28-15(4)12-23/h5-8,13-15H,9-12H2,1-4H3. The predicted octanol–water partition coefficient (Wildman–Crippen LogP) is 2.44. The summed E-state index contributed by atoms with van der Waals surface area (Å²) in [5, 5.41) is 0. The van der Waals surface area contributed by atoms with Crippen molar-refractivity contribution in [2.24, 2.45) is 0 Å². The summed E-state index contributed by atoms with van der Waals surface area (Å²) in [6.07, 6.45) is -0.114. The molecule has 2 atom stereocenters. The van der Waals surface area contributed by atoms with Gasteiger partial charge in [-0.3, -0.25) is 14.5 Å². The van der Waals surface area contributed by atoms with Crippen LogP contribution in [0.1, 0.15) is 33.3 Å². The van der Waals surface area contributed by atoms with Gasteiger partial charge < -0.3 is 14.4 Å². The van der Waals surface area contributed by atoms with Crippen molar-refractivity contribution < 1.29 is 23.5 Å². The number of hydrogen-bond donors (Lipinski definition) is 0. The van der Waals surface area contributed by atoms with Crippen molar-refractivity contribution in [3.63, 3.8) is 0 Å². The van der Waals surface area contributed by atoms with E-state index in [1.54, 1.807) is 0 Å². The van der Waals surface area contributed by atoms with Crippen molar-refractivity contribution in [2.75, 3.05) is 26.2 Å². The third-order valence-electron chi connectivity index (χ3n) is 4.78. The van der Waals surface area contributed by atoms with Crippen molar-refractivity contribution in [1.82, 2.24) is 9.80 Å². The molecular weight excluding hydrogens is 363 g/mol. The Kier molecular flexibility index (Phi) is 6.15. The average molecular weight is 390 g/mol. The highest BCUT2D eigenvalue weighted by atomic mass is 19.1. The van der Waals surface area contributed by atoms with E-state index >= 15 is 0 Å². The minimum Gasteiger partial charge on any atom is -0.377 e. The molecule has 0 saturated carbocycles. The van der Waals surface area contributed by atoms with E-state index < -0.39 is 5.82 Å². The van der Waals surface area contributed by atoms with Crippen LogP contribution in [0, 0.1) is 5.82 Å². The monoisotopic (exact) mass is 390 g/mol. The fourth-order valence-electron chi connectivity index (χ4n) is 3.68. The second-order valence-electron chi connectivity index (χ2n) is 7.57. The van der Waals surface area contributed by atoms with Crippen LogP contribution in [0.25, 0.3) is 5.57 Å². The summed E-state index contributed by atoms with van der Waals surface area (Å²) in [6.45, 7) is 9.16. The topological polar surface area (TPSA) is 59.1 Å². The Balaban J connectivity index is 1.96. The van der Waals surface area contributed by atoms with Crippen LogP contribution in [-0.4, -0.2) is 66.2 Å². The van der Waals surface area contributed by atoms with E-state index in [1.165, 1.54) is 29.2 Å². The summed E-state index contributed by atoms with van der Waals surface area (Å²) < 4.78 is 24.7. The van der Waals surface area contributed by atoms with Gasteiger partial charge in [-0.25, -0.2) is 4.39 Å². The van der Waals surface area contributed by atoms with Gasteiger partial charge in [0.05, 0.1) is 37.0 Å². The van der Waals surface area contributed by atoms with Gasteiger partial charge in [-0.2, -0.15) is 0 Å². The molecule has 1 aromatic carbocycles. The van der Waals surface area contributed by atoms with Crippen LogP contribution < -0.4 is 0 Å². The van der Waals surface area contributed by atoms with Crippen molar-refractivity contribution in [3.05, 3.63) is 41.3 Å². The van der Waals surface area contributed by atoms with Gasteiger partial charge in [-0.1, -0.05) is 12.1 Å². The highest BCUT2D eigenvalue weighted by molar-refractivity contribution is 6.35. The molecule has 2 aliphatic heterocycles. The molecule has 6 nitrogen and oxygen atoms in total. The largest absolute Gasteiger partial charge is 0.377 e. The predicted molar refractivity (Wildman–Crippen MR) is 103 cm³/mol. The van der Waals surface area contributed by atoms with Crippen molar-refractivity contribution in [3.8, 4) is 0 Å². The molecule has 7 heteroatoms. The number of carbonyl (C=O) groups excluding carboxylic acids is 2. The molecule has 152 valence electrons. The number of amides is 2. The molecule has 2 amide bonds. The lowest BCUT2D eigenvalue weighted by molar-refractivity contribution is -0.139. The number of carbonyl (C=O) groups is 2. The number of halogens is 1. The summed E-state index contributed by atoms with van der Waals surface area (Å²) in [4.78, 5) is 29.5. The Bertz CT molecular complexity index is 765. The van der Waals surface area contributed by atoms with Crippen LogP contribution in [0.15, 0.2) is 30.0 Å². The van der Waals surface area contributed by atoms with Crippen LogP contribution >= 0.6 is 0 Å². The maximum Gasteiger partial charge on any atom is 0.277 e. The molecule has 1 saturated heterocycles. The lowest BCUT2D eigenvalue weighted by Crippen LogP contribution is -2.47. The third-order valence-corrected chi connectivity index (χ3v) is 4.78. The fraction of sp³-hybridized carbons (Fsp3) is 0.524. The Hall–Kier alpha value is -2.25. The summed E-state index contributed by atoms with van der Waals surface area (Å²) in [5.74, 6) is -1.10. The lowest BCUT2D eigenvalue weighted by atomic mass is 10.0. The highest BCUT2D eigenvalue weighted by Gasteiger charge is 2.42. The second kappa shape index (κ2) is 8.41. The van der Waals surface area contributed by atoms with E-state index in [9.17, 15) is 14.0 Å². The lowest BCUT2D eigenvalue weighted by Gasteiger charge is -2.37. The number of hydrogen-bond acceptors (Lipinski definition) is 5. The maximum atomic E-state index is 13.4. The zero-order valence-electron chi connectivity index (χ0n) is 16.8. The average Bonchev–Trinajstić information content (AvgIpc) is 2.86. The number of morpholine rings is 1. The van der Waals surface area contributed by atoms with Crippen LogP contribution in [0.2, 0.25) is 0 Å². The maximum absolute atomic E-state index is 13.4. The Morgan fingerprint density at radius 1 is 1.11 bits per heavy atom. The normalized spacial score (nSPS) is 23.4. The van der Waals surface area contributed by atoms with Gasteiger partial charge in [0, 0.05) is 13.1 Å². The van der Waals surface area contributed by atoms with E-state index in [4.69, 9.17) is 9.47 Å². The van der Waals surface area contributed by atoms with Gasteiger partial charge in [-0.15, -0.1) is 0 Å². The Labute approximate surface area is 164 Å². The molecular formula is C21H27FN2O4. The first kappa shape index (κ1) is 20.5. The molecule has 0 bridgehead atoms. The van der Waals surface area contributed by atoms with E-state index in [0.29, 0.717) is 29.9 Å². The molecule has 2 aliphatic rings. The molecule has 0 radical (unpaired) electrons. The third kappa shape index (κ3) is 4.25. The molecule has 0 spiro atoms. The smallest absolute Gasteiger partial charge is 0.277 e. The summed E-state index contributed by atoms with van der Waals surface area (Å²) in [7, 11) is 0. The zero-order valence-corrected chi connectivity index (χ0v) is 16.8. The van der Waals surface area contributed by atoms with Crippen LogP contribution in [0.5, 0.6) is 0 Å². The summed E-state index contributed by atoms with van der Waals surface area (Å²) >= 11 is 0. The molecule has 3 rings (SSSR count). The van der Waals surface area contributed by atoms with Crippen molar-refractivity contribution >= 4 is 17.4 Å². The second-order valence-corrected chi connectivity index (χ2v) is 7.57. The highest BCUT2D eigenvalue weighted by Crippen LogP contribution is 2.33. The first-order chi connectivity index (χ1) is 13.3. The zero-order chi connectivity index (χ0) is 20.4. The number of nitrogens with zero attached hydrogens (tertiary/aromatic N) is 2. The molecule has 1 fully saturated rings. The molecule has 2 heterocycles. The Morgan fingerprint density at radius 2 is 1.71 bits per heavy atom.